The molecule has 0 spiro atoms. The first-order chi connectivity index (χ1) is 6.24. The first kappa shape index (κ1) is 10.5. The highest BCUT2D eigenvalue weighted by molar-refractivity contribution is 9.09. The Labute approximate surface area is 87.5 Å². The molecule has 0 radical (unpaired) electrons. The van der Waals surface area contributed by atoms with Gasteiger partial charge in [0.2, 0.25) is 0 Å². The number of alkyl halides is 1. The van der Waals surface area contributed by atoms with Crippen LogP contribution in [0.1, 0.15) is 12.6 Å². The quantitative estimate of drug-likeness (QED) is 0.760. The number of ether oxygens (including phenoxy) is 1. The Morgan fingerprint density at radius 1 is 1.62 bits per heavy atom. The molecule has 1 heterocycles. The third-order valence-corrected chi connectivity index (χ3v) is 2.85. The van der Waals surface area contributed by atoms with E-state index in [1.807, 2.05) is 19.1 Å². The fourth-order valence-corrected chi connectivity index (χ4v) is 1.09. The first-order valence-electron chi connectivity index (χ1n) is 4.34. The summed E-state index contributed by atoms with van der Waals surface area (Å²) in [6.07, 6.45) is 1.77. The zero-order valence-corrected chi connectivity index (χ0v) is 9.54. The topological polar surface area (TPSA) is 22.1 Å². The van der Waals surface area contributed by atoms with Crippen LogP contribution < -0.4 is 4.74 Å². The molecule has 0 fully saturated rings. The van der Waals surface area contributed by atoms with Crippen LogP contribution in [0.2, 0.25) is 0 Å². The number of aromatic nitrogens is 1. The van der Waals surface area contributed by atoms with Gasteiger partial charge in [0.05, 0.1) is 12.3 Å². The van der Waals surface area contributed by atoms with Crippen LogP contribution in [0.5, 0.6) is 5.75 Å². The van der Waals surface area contributed by atoms with Gasteiger partial charge < -0.3 is 4.74 Å². The van der Waals surface area contributed by atoms with E-state index in [1.54, 1.807) is 6.20 Å². The molecule has 0 bridgehead atoms. The van der Waals surface area contributed by atoms with Crippen LogP contribution in [0, 0.1) is 12.8 Å². The fourth-order valence-electron chi connectivity index (χ4n) is 0.899. The maximum atomic E-state index is 5.60. The molecule has 0 aromatic carbocycles. The Hall–Kier alpha value is -0.570. The van der Waals surface area contributed by atoms with Crippen LogP contribution in [0.4, 0.5) is 0 Å². The largest absolute Gasteiger partial charge is 0.491 e. The molecule has 1 aromatic rings. The third-order valence-electron chi connectivity index (χ3n) is 1.75. The second-order valence-electron chi connectivity index (χ2n) is 3.16. The monoisotopic (exact) mass is 243 g/mol. The molecule has 0 saturated heterocycles. The van der Waals surface area contributed by atoms with E-state index in [0.717, 1.165) is 23.4 Å². The minimum absolute atomic E-state index is 0.527. The SMILES string of the molecule is Cc1ncccc1OCC(C)CBr. The second-order valence-corrected chi connectivity index (χ2v) is 3.80. The van der Waals surface area contributed by atoms with Gasteiger partial charge in [-0.25, -0.2) is 0 Å². The Balaban J connectivity index is 2.50. The van der Waals surface area contributed by atoms with Gasteiger partial charge in [0.15, 0.2) is 0 Å². The highest BCUT2D eigenvalue weighted by Gasteiger charge is 2.02. The summed E-state index contributed by atoms with van der Waals surface area (Å²) in [5, 5.41) is 0.965. The van der Waals surface area contributed by atoms with Gasteiger partial charge in [-0.15, -0.1) is 0 Å². The predicted molar refractivity (Wildman–Crippen MR) is 57.4 cm³/mol. The van der Waals surface area contributed by atoms with Gasteiger partial charge >= 0.3 is 0 Å². The minimum Gasteiger partial charge on any atom is -0.491 e. The van der Waals surface area contributed by atoms with Crippen molar-refractivity contribution in [2.45, 2.75) is 13.8 Å². The normalized spacial score (nSPS) is 12.5. The van der Waals surface area contributed by atoms with Crippen molar-refractivity contribution in [1.82, 2.24) is 4.98 Å². The zero-order chi connectivity index (χ0) is 9.68. The summed E-state index contributed by atoms with van der Waals surface area (Å²) in [5.74, 6) is 1.41. The lowest BCUT2D eigenvalue weighted by Crippen LogP contribution is -2.10. The van der Waals surface area contributed by atoms with E-state index < -0.39 is 0 Å². The minimum atomic E-state index is 0.527. The van der Waals surface area contributed by atoms with E-state index in [2.05, 4.69) is 27.8 Å². The first-order valence-corrected chi connectivity index (χ1v) is 5.46. The van der Waals surface area contributed by atoms with Crippen LogP contribution >= 0.6 is 15.9 Å². The summed E-state index contributed by atoms with van der Waals surface area (Å²) in [6.45, 7) is 4.83. The van der Waals surface area contributed by atoms with E-state index in [-0.39, 0.29) is 0 Å². The van der Waals surface area contributed by atoms with Crippen molar-refractivity contribution in [3.05, 3.63) is 24.0 Å². The van der Waals surface area contributed by atoms with Crippen LogP contribution in [-0.2, 0) is 0 Å². The Morgan fingerprint density at radius 2 is 2.38 bits per heavy atom. The number of rotatable bonds is 4. The molecular weight excluding hydrogens is 230 g/mol. The van der Waals surface area contributed by atoms with Crippen molar-refractivity contribution in [1.29, 1.82) is 0 Å². The summed E-state index contributed by atoms with van der Waals surface area (Å²) in [4.78, 5) is 4.15. The van der Waals surface area contributed by atoms with Gasteiger partial charge in [-0.2, -0.15) is 0 Å². The van der Waals surface area contributed by atoms with Gasteiger partial charge in [0, 0.05) is 11.5 Å². The summed E-state index contributed by atoms with van der Waals surface area (Å²) >= 11 is 3.41. The average molecular weight is 244 g/mol. The summed E-state index contributed by atoms with van der Waals surface area (Å²) in [5.41, 5.74) is 0.948. The smallest absolute Gasteiger partial charge is 0.140 e. The molecule has 0 saturated carbocycles. The number of hydrogen-bond donors (Lipinski definition) is 0. The average Bonchev–Trinajstić information content (AvgIpc) is 2.16. The lowest BCUT2D eigenvalue weighted by atomic mass is 10.2. The van der Waals surface area contributed by atoms with Crippen molar-refractivity contribution in [2.75, 3.05) is 11.9 Å². The number of aryl methyl sites for hydroxylation is 1. The van der Waals surface area contributed by atoms with Gasteiger partial charge in [-0.05, 0) is 25.0 Å². The molecule has 3 heteroatoms. The number of hydrogen-bond acceptors (Lipinski definition) is 2. The third kappa shape index (κ3) is 3.35. The number of pyridine rings is 1. The highest BCUT2D eigenvalue weighted by atomic mass is 79.9. The predicted octanol–water partition coefficient (Wildman–Crippen LogP) is 2.80. The molecular formula is C10H14BrNO. The van der Waals surface area contributed by atoms with Crippen molar-refractivity contribution >= 4 is 15.9 Å². The molecule has 0 amide bonds. The highest BCUT2D eigenvalue weighted by Crippen LogP contribution is 2.14. The van der Waals surface area contributed by atoms with Crippen molar-refractivity contribution in [3.63, 3.8) is 0 Å². The molecule has 1 aromatic heterocycles. The molecule has 2 nitrogen and oxygen atoms in total. The molecule has 1 atom stereocenters. The van der Waals surface area contributed by atoms with E-state index in [1.165, 1.54) is 0 Å². The molecule has 72 valence electrons. The zero-order valence-electron chi connectivity index (χ0n) is 7.96. The number of halogens is 1. The van der Waals surface area contributed by atoms with Crippen molar-refractivity contribution in [2.24, 2.45) is 5.92 Å². The van der Waals surface area contributed by atoms with E-state index in [4.69, 9.17) is 4.74 Å². The Bertz CT molecular complexity index is 265. The summed E-state index contributed by atoms with van der Waals surface area (Å²) < 4.78 is 5.60. The van der Waals surface area contributed by atoms with Crippen LogP contribution in [0.15, 0.2) is 18.3 Å². The lowest BCUT2D eigenvalue weighted by Gasteiger charge is -2.11. The maximum Gasteiger partial charge on any atom is 0.140 e. The van der Waals surface area contributed by atoms with Gasteiger partial charge in [0.1, 0.15) is 5.75 Å². The van der Waals surface area contributed by atoms with Crippen LogP contribution in [-0.4, -0.2) is 16.9 Å². The van der Waals surface area contributed by atoms with E-state index >= 15 is 0 Å². The molecule has 0 aliphatic heterocycles. The Morgan fingerprint density at radius 3 is 3.00 bits per heavy atom. The van der Waals surface area contributed by atoms with Crippen LogP contribution in [0.25, 0.3) is 0 Å². The van der Waals surface area contributed by atoms with Crippen LogP contribution in [0.3, 0.4) is 0 Å². The van der Waals surface area contributed by atoms with Gasteiger partial charge in [0.25, 0.3) is 0 Å². The molecule has 0 aliphatic carbocycles. The second kappa shape index (κ2) is 5.22. The Kier molecular flexibility index (Phi) is 4.22. The molecule has 0 N–H and O–H groups in total. The summed E-state index contributed by atoms with van der Waals surface area (Å²) in [7, 11) is 0. The van der Waals surface area contributed by atoms with E-state index in [0.29, 0.717) is 5.92 Å². The molecule has 1 rings (SSSR count). The lowest BCUT2D eigenvalue weighted by molar-refractivity contribution is 0.271. The van der Waals surface area contributed by atoms with Crippen molar-refractivity contribution < 1.29 is 4.74 Å². The standard InChI is InChI=1S/C10H14BrNO/c1-8(6-11)7-13-10-4-3-5-12-9(10)2/h3-5,8H,6-7H2,1-2H3. The fraction of sp³-hybridized carbons (Fsp3) is 0.500. The van der Waals surface area contributed by atoms with Crippen molar-refractivity contribution in [3.8, 4) is 5.75 Å². The van der Waals surface area contributed by atoms with E-state index in [9.17, 15) is 0 Å². The summed E-state index contributed by atoms with van der Waals surface area (Å²) in [6, 6.07) is 3.84. The maximum absolute atomic E-state index is 5.60. The molecule has 1 unspecified atom stereocenters. The molecule has 13 heavy (non-hydrogen) atoms. The number of nitrogens with zero attached hydrogens (tertiary/aromatic N) is 1. The van der Waals surface area contributed by atoms with Gasteiger partial charge in [-0.1, -0.05) is 22.9 Å². The van der Waals surface area contributed by atoms with Gasteiger partial charge in [-0.3, -0.25) is 4.98 Å². The molecule has 0 aliphatic rings.